The number of nitrogens with zero attached hydrogens (tertiary/aromatic N) is 6. The Morgan fingerprint density at radius 1 is 0.979 bits per heavy atom. The summed E-state index contributed by atoms with van der Waals surface area (Å²) < 4.78 is 33.7. The molecule has 0 bridgehead atoms. The van der Waals surface area contributed by atoms with Crippen molar-refractivity contribution in [3.63, 3.8) is 0 Å². The summed E-state index contributed by atoms with van der Waals surface area (Å²) in [6.07, 6.45) is 7.53. The average Bonchev–Trinajstić information content (AvgIpc) is 3.07. The summed E-state index contributed by atoms with van der Waals surface area (Å²) in [5.41, 5.74) is 4.69. The van der Waals surface area contributed by atoms with Gasteiger partial charge in [0, 0.05) is 68.6 Å². The molecule has 0 aliphatic carbocycles. The molecule has 2 fully saturated rings. The summed E-state index contributed by atoms with van der Waals surface area (Å²) in [7, 11) is 0.306. The van der Waals surface area contributed by atoms with Crippen molar-refractivity contribution in [2.24, 2.45) is 0 Å². The lowest BCUT2D eigenvalue weighted by Crippen LogP contribution is -2.52. The Labute approximate surface area is 285 Å². The lowest BCUT2D eigenvalue weighted by atomic mass is 9.99. The third-order valence-electron chi connectivity index (χ3n) is 8.95. The number of sulfonamides is 1. The van der Waals surface area contributed by atoms with Crippen LogP contribution in [-0.4, -0.2) is 98.9 Å². The number of para-hydroxylation sites is 1. The number of hydrogen-bond acceptors (Lipinski definition) is 11. The minimum Gasteiger partial charge on any atom is -0.494 e. The van der Waals surface area contributed by atoms with Crippen LogP contribution in [0.2, 0.25) is 0 Å². The van der Waals surface area contributed by atoms with Gasteiger partial charge in [0.25, 0.3) is 0 Å². The number of anilines is 6. The number of likely N-dealkylation sites (N-methyl/N-ethyl adjacent to an activating group) is 1. The number of nitrogens with one attached hydrogen (secondary N) is 3. The van der Waals surface area contributed by atoms with Gasteiger partial charge in [0.05, 0.1) is 46.6 Å². The summed E-state index contributed by atoms with van der Waals surface area (Å²) in [4.78, 5) is 21.3. The van der Waals surface area contributed by atoms with Gasteiger partial charge in [0.15, 0.2) is 0 Å². The average molecular weight is 725 g/mol. The molecule has 3 N–H and O–H groups in total. The molecule has 47 heavy (non-hydrogen) atoms. The summed E-state index contributed by atoms with van der Waals surface area (Å²) in [5.74, 6) is 1.49. The number of hydrogen-bond donors (Lipinski definition) is 3. The van der Waals surface area contributed by atoms with Crippen molar-refractivity contribution in [1.29, 1.82) is 0 Å². The highest BCUT2D eigenvalue weighted by Gasteiger charge is 2.28. The molecule has 2 aliphatic rings. The molecule has 0 spiro atoms. The van der Waals surface area contributed by atoms with Crippen molar-refractivity contribution in [2.45, 2.75) is 32.2 Å². The molecule has 12 nitrogen and oxygen atoms in total. The highest BCUT2D eigenvalue weighted by atomic mass is 79.9. The third kappa shape index (κ3) is 7.72. The zero-order valence-corrected chi connectivity index (χ0v) is 29.7. The third-order valence-corrected chi connectivity index (χ3v) is 10.1. The number of fused-ring (bicyclic) bond motifs is 1. The first-order valence-electron chi connectivity index (χ1n) is 15.9. The van der Waals surface area contributed by atoms with Crippen LogP contribution in [0, 0.1) is 0 Å². The Bertz CT molecular complexity index is 1840. The van der Waals surface area contributed by atoms with E-state index in [0.29, 0.717) is 50.3 Å². The van der Waals surface area contributed by atoms with E-state index in [1.807, 2.05) is 24.3 Å². The Balaban J connectivity index is 1.22. The highest BCUT2D eigenvalue weighted by Crippen LogP contribution is 2.38. The van der Waals surface area contributed by atoms with E-state index in [9.17, 15) is 8.42 Å². The topological polar surface area (TPSA) is 128 Å². The van der Waals surface area contributed by atoms with Gasteiger partial charge in [0.2, 0.25) is 16.0 Å². The molecule has 2 aromatic heterocycles. The molecule has 0 unspecified atom stereocenters. The second-order valence-corrected chi connectivity index (χ2v) is 14.8. The van der Waals surface area contributed by atoms with Gasteiger partial charge in [-0.2, -0.15) is 4.98 Å². The van der Waals surface area contributed by atoms with E-state index in [0.717, 1.165) is 70.5 Å². The van der Waals surface area contributed by atoms with Gasteiger partial charge in [-0.15, -0.1) is 0 Å². The van der Waals surface area contributed by atoms with Crippen LogP contribution in [0.1, 0.15) is 25.3 Å². The van der Waals surface area contributed by atoms with Gasteiger partial charge >= 0.3 is 0 Å². The van der Waals surface area contributed by atoms with Gasteiger partial charge in [-0.3, -0.25) is 14.6 Å². The molecule has 2 aromatic carbocycles. The minimum absolute atomic E-state index is 0.350. The maximum atomic E-state index is 12.3. The van der Waals surface area contributed by atoms with E-state index in [-0.39, 0.29) is 0 Å². The maximum Gasteiger partial charge on any atom is 0.229 e. The molecule has 4 heterocycles. The number of piperazine rings is 1. The Kier molecular flexibility index (Phi) is 10.0. The van der Waals surface area contributed by atoms with Crippen LogP contribution >= 0.6 is 15.9 Å². The van der Waals surface area contributed by atoms with Crippen molar-refractivity contribution in [1.82, 2.24) is 24.8 Å². The molecule has 0 saturated carbocycles. The first kappa shape index (κ1) is 33.2. The molecule has 2 saturated heterocycles. The van der Waals surface area contributed by atoms with Crippen LogP contribution < -0.4 is 25.0 Å². The molecular weight excluding hydrogens is 682 g/mol. The number of pyridine rings is 1. The first-order valence-corrected chi connectivity index (χ1v) is 18.6. The monoisotopic (exact) mass is 723 g/mol. The highest BCUT2D eigenvalue weighted by molar-refractivity contribution is 9.10. The lowest BCUT2D eigenvalue weighted by Gasteiger charge is -2.43. The SMILES string of the molecule is CCc1cc(Nc2ncc(Br)c(Nc3cnc4ccccc4c3NS(C)(=O)=O)n2)c(OC)cc1N1CCC(N2CCN(C)CC2)CC1. The number of piperidine rings is 1. The van der Waals surface area contributed by atoms with Crippen molar-refractivity contribution < 1.29 is 13.2 Å². The molecule has 4 aromatic rings. The Morgan fingerprint density at radius 3 is 2.43 bits per heavy atom. The minimum atomic E-state index is -3.57. The molecule has 2 aliphatic heterocycles. The fourth-order valence-corrected chi connectivity index (χ4v) is 7.29. The van der Waals surface area contributed by atoms with Gasteiger partial charge in [-0.25, -0.2) is 13.4 Å². The number of aromatic nitrogens is 3. The van der Waals surface area contributed by atoms with Crippen molar-refractivity contribution in [3.8, 4) is 5.75 Å². The summed E-state index contributed by atoms with van der Waals surface area (Å²) in [6, 6.07) is 12.2. The molecule has 0 radical (unpaired) electrons. The number of rotatable bonds is 10. The Morgan fingerprint density at radius 2 is 1.72 bits per heavy atom. The van der Waals surface area contributed by atoms with Gasteiger partial charge < -0.3 is 25.2 Å². The summed E-state index contributed by atoms with van der Waals surface area (Å²) >= 11 is 3.54. The van der Waals surface area contributed by atoms with Crippen molar-refractivity contribution in [3.05, 3.63) is 58.8 Å². The van der Waals surface area contributed by atoms with Crippen LogP contribution in [0.25, 0.3) is 10.9 Å². The van der Waals surface area contributed by atoms with E-state index in [2.05, 4.69) is 82.1 Å². The summed E-state index contributed by atoms with van der Waals surface area (Å²) in [5, 5.41) is 7.26. The molecule has 14 heteroatoms. The zero-order chi connectivity index (χ0) is 33.1. The standard InChI is InChI=1S/C33H42BrN9O3S/c1-5-22-18-27(30(46-3)19-29(22)43-12-10-23(11-13-43)42-16-14-41(2)15-17-42)38-33-36-20-25(34)32(39-33)37-28-21-35-26-9-7-6-8-24(26)31(28)40-47(4,44)45/h6-9,18-21,23H,5,10-17H2,1-4H3,(H,35,40)(H2,36,37,38,39). The van der Waals surface area contributed by atoms with Gasteiger partial charge in [-0.05, 0) is 59.9 Å². The first-order chi connectivity index (χ1) is 22.6. The zero-order valence-electron chi connectivity index (χ0n) is 27.3. The van der Waals surface area contributed by atoms with E-state index < -0.39 is 10.0 Å². The van der Waals surface area contributed by atoms with Crippen LogP contribution in [-0.2, 0) is 16.4 Å². The molecular formula is C33H42BrN9O3S. The van der Waals surface area contributed by atoms with Crippen LogP contribution in [0.3, 0.4) is 0 Å². The van der Waals surface area contributed by atoms with Crippen molar-refractivity contribution >= 4 is 71.4 Å². The van der Waals surface area contributed by atoms with Crippen LogP contribution in [0.5, 0.6) is 5.75 Å². The summed E-state index contributed by atoms with van der Waals surface area (Å²) in [6.45, 7) is 8.81. The fourth-order valence-electron chi connectivity index (χ4n) is 6.41. The van der Waals surface area contributed by atoms with Gasteiger partial charge in [-0.1, -0.05) is 25.1 Å². The quantitative estimate of drug-likeness (QED) is 0.194. The number of ether oxygens (including phenoxy) is 1. The largest absolute Gasteiger partial charge is 0.494 e. The lowest BCUT2D eigenvalue weighted by molar-refractivity contribution is 0.0982. The molecule has 6 rings (SSSR count). The van der Waals surface area contributed by atoms with E-state index >= 15 is 0 Å². The Hall–Kier alpha value is -3.72. The molecule has 0 atom stereocenters. The number of halogens is 1. The van der Waals surface area contributed by atoms with Crippen LogP contribution in [0.4, 0.5) is 34.5 Å². The smallest absolute Gasteiger partial charge is 0.229 e. The van der Waals surface area contributed by atoms with E-state index in [1.54, 1.807) is 19.5 Å². The van der Waals surface area contributed by atoms with E-state index in [1.165, 1.54) is 11.3 Å². The molecule has 250 valence electrons. The number of methoxy groups -OCH3 is 1. The predicted octanol–water partition coefficient (Wildman–Crippen LogP) is 5.43. The molecule has 0 amide bonds. The fraction of sp³-hybridized carbons (Fsp3) is 0.424. The second kappa shape index (κ2) is 14.2. The maximum absolute atomic E-state index is 12.3. The van der Waals surface area contributed by atoms with Crippen molar-refractivity contribution in [2.75, 3.05) is 79.9 Å². The second-order valence-electron chi connectivity index (χ2n) is 12.2. The number of benzene rings is 2. The van der Waals surface area contributed by atoms with Gasteiger partial charge in [0.1, 0.15) is 11.6 Å². The number of aryl methyl sites for hydroxylation is 1. The predicted molar refractivity (Wildman–Crippen MR) is 193 cm³/mol. The normalized spacial score (nSPS) is 16.7. The van der Waals surface area contributed by atoms with Crippen LogP contribution in [0.15, 0.2) is 53.3 Å². The van der Waals surface area contributed by atoms with E-state index in [4.69, 9.17) is 9.72 Å².